The summed E-state index contributed by atoms with van der Waals surface area (Å²) in [7, 11) is 0. The fraction of sp³-hybridized carbons (Fsp3) is 0.357. The summed E-state index contributed by atoms with van der Waals surface area (Å²) >= 11 is 0. The van der Waals surface area contributed by atoms with Crippen LogP contribution in [0.3, 0.4) is 0 Å². The van der Waals surface area contributed by atoms with Gasteiger partial charge in [-0.15, -0.1) is 5.10 Å². The zero-order valence-electron chi connectivity index (χ0n) is 12.1. The normalized spacial score (nSPS) is 11.6. The van der Waals surface area contributed by atoms with E-state index in [1.54, 1.807) is 0 Å². The van der Waals surface area contributed by atoms with Crippen LogP contribution in [0.4, 0.5) is 5.82 Å². The van der Waals surface area contributed by atoms with Crippen LogP contribution in [0.2, 0.25) is 0 Å². The highest BCUT2D eigenvalue weighted by Crippen LogP contribution is 2.26. The van der Waals surface area contributed by atoms with Gasteiger partial charge in [0.25, 0.3) is 0 Å². The number of anilines is 1. The lowest BCUT2D eigenvalue weighted by Gasteiger charge is -2.25. The molecule has 1 aromatic heterocycles. The van der Waals surface area contributed by atoms with E-state index in [2.05, 4.69) is 10.3 Å². The zero-order valence-corrected chi connectivity index (χ0v) is 12.1. The van der Waals surface area contributed by atoms with E-state index < -0.39 is 5.60 Å². The van der Waals surface area contributed by atoms with Gasteiger partial charge in [-0.2, -0.15) is 4.68 Å². The summed E-state index contributed by atoms with van der Waals surface area (Å²) in [5, 5.41) is 23.8. The standard InChI is InChI=1S/C14H19N5O2/c1-14(2,21-8-7-20)10-3-5-11(6-4-10)19-13(16)12(9-15)17-18-19/h3-6,9,15,20H,7-8,16H2,1-2H3. The number of aliphatic hydroxyl groups excluding tert-OH is 1. The molecule has 1 aromatic carbocycles. The third-order valence-corrected chi connectivity index (χ3v) is 3.23. The highest BCUT2D eigenvalue weighted by atomic mass is 16.5. The third-order valence-electron chi connectivity index (χ3n) is 3.23. The second-order valence-electron chi connectivity index (χ2n) is 5.05. The second-order valence-corrected chi connectivity index (χ2v) is 5.05. The van der Waals surface area contributed by atoms with E-state index >= 15 is 0 Å². The molecule has 0 saturated heterocycles. The fourth-order valence-electron chi connectivity index (χ4n) is 1.98. The quantitative estimate of drug-likeness (QED) is 0.689. The SMILES string of the molecule is CC(C)(OCCO)c1ccc(-n2nnc(C=N)c2N)cc1. The Kier molecular flexibility index (Phi) is 4.35. The number of rotatable bonds is 6. The first-order valence-electron chi connectivity index (χ1n) is 6.57. The molecule has 2 aromatic rings. The van der Waals surface area contributed by atoms with Gasteiger partial charge in [0.1, 0.15) is 5.69 Å². The van der Waals surface area contributed by atoms with Crippen molar-refractivity contribution in [2.45, 2.75) is 19.4 Å². The van der Waals surface area contributed by atoms with Crippen molar-refractivity contribution in [3.63, 3.8) is 0 Å². The molecule has 0 amide bonds. The van der Waals surface area contributed by atoms with Crippen LogP contribution in [0.1, 0.15) is 25.1 Å². The summed E-state index contributed by atoms with van der Waals surface area (Å²) < 4.78 is 7.09. The molecule has 0 spiro atoms. The highest BCUT2D eigenvalue weighted by molar-refractivity contribution is 5.80. The van der Waals surface area contributed by atoms with E-state index in [-0.39, 0.29) is 13.2 Å². The Morgan fingerprint density at radius 2 is 2.05 bits per heavy atom. The summed E-state index contributed by atoms with van der Waals surface area (Å²) in [6.07, 6.45) is 1.07. The molecule has 0 aliphatic rings. The number of ether oxygens (including phenoxy) is 1. The molecule has 21 heavy (non-hydrogen) atoms. The molecular weight excluding hydrogens is 270 g/mol. The van der Waals surface area contributed by atoms with E-state index in [1.165, 1.54) is 4.68 Å². The van der Waals surface area contributed by atoms with Crippen molar-refractivity contribution in [2.75, 3.05) is 18.9 Å². The molecule has 4 N–H and O–H groups in total. The minimum atomic E-state index is -0.491. The van der Waals surface area contributed by atoms with Gasteiger partial charge in [-0.1, -0.05) is 17.3 Å². The van der Waals surface area contributed by atoms with E-state index in [1.807, 2.05) is 38.1 Å². The number of nitrogens with one attached hydrogen (secondary N) is 1. The Balaban J connectivity index is 2.26. The molecule has 1 heterocycles. The summed E-state index contributed by atoms with van der Waals surface area (Å²) in [5.74, 6) is 0.327. The lowest BCUT2D eigenvalue weighted by atomic mass is 9.98. The molecule has 0 aliphatic heterocycles. The predicted octanol–water partition coefficient (Wildman–Crippen LogP) is 1.09. The number of nitrogen functional groups attached to an aromatic ring is 1. The first-order chi connectivity index (χ1) is 9.99. The number of nitrogens with zero attached hydrogens (tertiary/aromatic N) is 3. The van der Waals surface area contributed by atoms with Gasteiger partial charge in [-0.05, 0) is 31.5 Å². The van der Waals surface area contributed by atoms with Gasteiger partial charge in [0.2, 0.25) is 0 Å². The number of hydrogen-bond donors (Lipinski definition) is 3. The maximum absolute atomic E-state index is 8.85. The molecule has 0 atom stereocenters. The van der Waals surface area contributed by atoms with Crippen LogP contribution in [-0.2, 0) is 10.3 Å². The molecule has 0 saturated carbocycles. The van der Waals surface area contributed by atoms with Gasteiger partial charge in [0, 0.05) is 6.21 Å². The van der Waals surface area contributed by atoms with Crippen molar-refractivity contribution in [1.29, 1.82) is 5.41 Å². The van der Waals surface area contributed by atoms with Gasteiger partial charge in [-0.3, -0.25) is 0 Å². The Morgan fingerprint density at radius 1 is 1.38 bits per heavy atom. The molecule has 0 unspecified atom stereocenters. The van der Waals surface area contributed by atoms with Gasteiger partial charge in [-0.25, -0.2) is 0 Å². The third kappa shape index (κ3) is 3.09. The first kappa shape index (κ1) is 15.1. The molecule has 0 bridgehead atoms. The maximum atomic E-state index is 8.85. The molecule has 0 aliphatic carbocycles. The average Bonchev–Trinajstić information content (AvgIpc) is 2.86. The van der Waals surface area contributed by atoms with Gasteiger partial charge in [0.05, 0.1) is 24.5 Å². The molecular formula is C14H19N5O2. The Morgan fingerprint density at radius 3 is 2.57 bits per heavy atom. The average molecular weight is 289 g/mol. The van der Waals surface area contributed by atoms with Crippen LogP contribution in [0.5, 0.6) is 0 Å². The minimum Gasteiger partial charge on any atom is -0.394 e. The van der Waals surface area contributed by atoms with Gasteiger partial charge < -0.3 is 21.0 Å². The molecule has 7 heteroatoms. The van der Waals surface area contributed by atoms with Crippen LogP contribution in [0.25, 0.3) is 5.69 Å². The van der Waals surface area contributed by atoms with Crippen LogP contribution in [0, 0.1) is 5.41 Å². The summed E-state index contributed by atoms with van der Waals surface area (Å²) in [6, 6.07) is 7.55. The Labute approximate surface area is 122 Å². The lowest BCUT2D eigenvalue weighted by molar-refractivity contribution is -0.0369. The van der Waals surface area contributed by atoms with E-state index in [0.29, 0.717) is 11.5 Å². The van der Waals surface area contributed by atoms with Crippen molar-refractivity contribution >= 4 is 12.0 Å². The topological polar surface area (TPSA) is 110 Å². The maximum Gasteiger partial charge on any atom is 0.156 e. The summed E-state index contributed by atoms with van der Waals surface area (Å²) in [6.45, 7) is 4.15. The largest absolute Gasteiger partial charge is 0.394 e. The zero-order chi connectivity index (χ0) is 15.5. The number of benzene rings is 1. The fourth-order valence-corrected chi connectivity index (χ4v) is 1.98. The van der Waals surface area contributed by atoms with Crippen LogP contribution in [-0.4, -0.2) is 39.5 Å². The Bertz CT molecular complexity index is 619. The van der Waals surface area contributed by atoms with Crippen LogP contribution < -0.4 is 5.73 Å². The lowest BCUT2D eigenvalue weighted by Crippen LogP contribution is -2.23. The molecule has 7 nitrogen and oxygen atoms in total. The van der Waals surface area contributed by atoms with Crippen molar-refractivity contribution in [3.8, 4) is 5.69 Å². The van der Waals surface area contributed by atoms with Gasteiger partial charge in [0.15, 0.2) is 5.82 Å². The highest BCUT2D eigenvalue weighted by Gasteiger charge is 2.21. The molecule has 0 fully saturated rings. The van der Waals surface area contributed by atoms with Crippen LogP contribution >= 0.6 is 0 Å². The molecule has 2 rings (SSSR count). The molecule has 112 valence electrons. The second kappa shape index (κ2) is 6.02. The van der Waals surface area contributed by atoms with Crippen molar-refractivity contribution < 1.29 is 9.84 Å². The summed E-state index contributed by atoms with van der Waals surface area (Å²) in [4.78, 5) is 0. The Hall–Kier alpha value is -2.25. The number of hydrogen-bond acceptors (Lipinski definition) is 6. The van der Waals surface area contributed by atoms with Crippen molar-refractivity contribution in [2.24, 2.45) is 0 Å². The van der Waals surface area contributed by atoms with Crippen molar-refractivity contribution in [3.05, 3.63) is 35.5 Å². The van der Waals surface area contributed by atoms with E-state index in [4.69, 9.17) is 21.0 Å². The van der Waals surface area contributed by atoms with E-state index in [9.17, 15) is 0 Å². The van der Waals surface area contributed by atoms with Crippen molar-refractivity contribution in [1.82, 2.24) is 15.0 Å². The molecule has 0 radical (unpaired) electrons. The predicted molar refractivity (Wildman–Crippen MR) is 79.7 cm³/mol. The summed E-state index contributed by atoms with van der Waals surface area (Å²) in [5.41, 5.74) is 7.45. The van der Waals surface area contributed by atoms with Gasteiger partial charge >= 0.3 is 0 Å². The number of nitrogens with two attached hydrogens (primary N) is 1. The smallest absolute Gasteiger partial charge is 0.156 e. The monoisotopic (exact) mass is 289 g/mol. The number of aromatic nitrogens is 3. The minimum absolute atomic E-state index is 0.0105. The van der Waals surface area contributed by atoms with Crippen LogP contribution in [0.15, 0.2) is 24.3 Å². The van der Waals surface area contributed by atoms with E-state index in [0.717, 1.165) is 17.5 Å². The first-order valence-corrected chi connectivity index (χ1v) is 6.57. The number of aliphatic hydroxyl groups is 1.